The Kier molecular flexibility index (Phi) is 2.31. The van der Waals surface area contributed by atoms with Gasteiger partial charge in [0.05, 0.1) is 11.9 Å². The number of aromatic amines is 1. The molecule has 1 heterocycles. The SMILES string of the molecule is CCC(C)Nc1cn[nH]c1. The maximum absolute atomic E-state index is 3.82. The summed E-state index contributed by atoms with van der Waals surface area (Å²) in [5.41, 5.74) is 1.06. The highest BCUT2D eigenvalue weighted by atomic mass is 15.1. The molecular formula is C7H13N3. The quantitative estimate of drug-likeness (QED) is 0.668. The Balaban J connectivity index is 2.40. The molecule has 2 N–H and O–H groups in total. The molecular weight excluding hydrogens is 126 g/mol. The van der Waals surface area contributed by atoms with Gasteiger partial charge in [-0.3, -0.25) is 5.10 Å². The smallest absolute Gasteiger partial charge is 0.0725 e. The highest BCUT2D eigenvalue weighted by molar-refractivity contribution is 5.38. The van der Waals surface area contributed by atoms with Gasteiger partial charge in [0.15, 0.2) is 0 Å². The van der Waals surface area contributed by atoms with Crippen LogP contribution in [0.1, 0.15) is 20.3 Å². The van der Waals surface area contributed by atoms with Gasteiger partial charge in [-0.2, -0.15) is 5.10 Å². The molecule has 0 aliphatic heterocycles. The maximum atomic E-state index is 3.82. The second kappa shape index (κ2) is 3.25. The lowest BCUT2D eigenvalue weighted by molar-refractivity contribution is 0.764. The van der Waals surface area contributed by atoms with Crippen molar-refractivity contribution in [2.75, 3.05) is 5.32 Å². The zero-order valence-corrected chi connectivity index (χ0v) is 6.39. The van der Waals surface area contributed by atoms with Crippen molar-refractivity contribution in [1.29, 1.82) is 0 Å². The highest BCUT2D eigenvalue weighted by Gasteiger charge is 1.97. The van der Waals surface area contributed by atoms with Gasteiger partial charge in [0.1, 0.15) is 0 Å². The van der Waals surface area contributed by atoms with Crippen LogP contribution < -0.4 is 5.32 Å². The van der Waals surface area contributed by atoms with Gasteiger partial charge in [0, 0.05) is 12.2 Å². The van der Waals surface area contributed by atoms with Crippen molar-refractivity contribution in [2.45, 2.75) is 26.3 Å². The lowest BCUT2D eigenvalue weighted by atomic mass is 10.2. The lowest BCUT2D eigenvalue weighted by Gasteiger charge is -2.09. The summed E-state index contributed by atoms with van der Waals surface area (Å²) in [7, 11) is 0. The van der Waals surface area contributed by atoms with Crippen molar-refractivity contribution in [3.8, 4) is 0 Å². The normalized spacial score (nSPS) is 13.0. The van der Waals surface area contributed by atoms with Crippen LogP contribution in [0.2, 0.25) is 0 Å². The molecule has 1 aromatic heterocycles. The van der Waals surface area contributed by atoms with E-state index in [0.29, 0.717) is 6.04 Å². The first kappa shape index (κ1) is 7.12. The van der Waals surface area contributed by atoms with E-state index < -0.39 is 0 Å². The molecule has 1 atom stereocenters. The Hall–Kier alpha value is -0.990. The fourth-order valence-corrected chi connectivity index (χ4v) is 0.716. The lowest BCUT2D eigenvalue weighted by Crippen LogP contribution is -2.12. The van der Waals surface area contributed by atoms with Gasteiger partial charge in [0.2, 0.25) is 0 Å². The van der Waals surface area contributed by atoms with Crippen LogP contribution in [0.25, 0.3) is 0 Å². The Labute approximate surface area is 60.8 Å². The third kappa shape index (κ3) is 1.76. The van der Waals surface area contributed by atoms with E-state index in [1.807, 2.05) is 6.20 Å². The summed E-state index contributed by atoms with van der Waals surface area (Å²) < 4.78 is 0. The predicted octanol–water partition coefficient (Wildman–Crippen LogP) is 1.62. The molecule has 10 heavy (non-hydrogen) atoms. The van der Waals surface area contributed by atoms with E-state index in [1.54, 1.807) is 6.20 Å². The van der Waals surface area contributed by atoms with Crippen molar-refractivity contribution in [3.63, 3.8) is 0 Å². The molecule has 0 aromatic carbocycles. The van der Waals surface area contributed by atoms with Gasteiger partial charge >= 0.3 is 0 Å². The summed E-state index contributed by atoms with van der Waals surface area (Å²) in [6, 6.07) is 0.526. The average Bonchev–Trinajstić information content (AvgIpc) is 2.40. The second-order valence-electron chi connectivity index (χ2n) is 2.44. The number of rotatable bonds is 3. The van der Waals surface area contributed by atoms with Crippen LogP contribution in [0, 0.1) is 0 Å². The Morgan fingerprint density at radius 2 is 2.60 bits per heavy atom. The van der Waals surface area contributed by atoms with Crippen molar-refractivity contribution in [2.24, 2.45) is 0 Å². The van der Waals surface area contributed by atoms with Crippen molar-refractivity contribution < 1.29 is 0 Å². The van der Waals surface area contributed by atoms with Gasteiger partial charge in [0.25, 0.3) is 0 Å². The summed E-state index contributed by atoms with van der Waals surface area (Å²) in [5, 5.41) is 9.85. The highest BCUT2D eigenvalue weighted by Crippen LogP contribution is 2.04. The number of hydrogen-bond donors (Lipinski definition) is 2. The van der Waals surface area contributed by atoms with Crippen LogP contribution in [0.15, 0.2) is 12.4 Å². The third-order valence-corrected chi connectivity index (χ3v) is 1.52. The minimum absolute atomic E-state index is 0.526. The largest absolute Gasteiger partial charge is 0.380 e. The molecule has 0 spiro atoms. The molecule has 0 amide bonds. The van der Waals surface area contributed by atoms with Crippen molar-refractivity contribution >= 4 is 5.69 Å². The van der Waals surface area contributed by atoms with E-state index >= 15 is 0 Å². The van der Waals surface area contributed by atoms with Crippen LogP contribution in [-0.2, 0) is 0 Å². The van der Waals surface area contributed by atoms with Crippen LogP contribution in [0.3, 0.4) is 0 Å². The summed E-state index contributed by atoms with van der Waals surface area (Å²) in [6.07, 6.45) is 4.77. The molecule has 1 aromatic rings. The Morgan fingerprint density at radius 3 is 3.10 bits per heavy atom. The third-order valence-electron chi connectivity index (χ3n) is 1.52. The topological polar surface area (TPSA) is 40.7 Å². The van der Waals surface area contributed by atoms with Gasteiger partial charge in [-0.1, -0.05) is 6.92 Å². The van der Waals surface area contributed by atoms with Gasteiger partial charge in [-0.15, -0.1) is 0 Å². The average molecular weight is 139 g/mol. The van der Waals surface area contributed by atoms with Crippen molar-refractivity contribution in [3.05, 3.63) is 12.4 Å². The van der Waals surface area contributed by atoms with Crippen LogP contribution in [0.4, 0.5) is 5.69 Å². The fraction of sp³-hybridized carbons (Fsp3) is 0.571. The molecule has 0 aliphatic rings. The fourth-order valence-electron chi connectivity index (χ4n) is 0.716. The van der Waals surface area contributed by atoms with E-state index in [1.165, 1.54) is 0 Å². The zero-order valence-electron chi connectivity index (χ0n) is 6.39. The molecule has 1 unspecified atom stereocenters. The summed E-state index contributed by atoms with van der Waals surface area (Å²) in [4.78, 5) is 0. The van der Waals surface area contributed by atoms with Crippen molar-refractivity contribution in [1.82, 2.24) is 10.2 Å². The van der Waals surface area contributed by atoms with E-state index in [2.05, 4.69) is 29.4 Å². The molecule has 0 radical (unpaired) electrons. The molecule has 0 aliphatic carbocycles. The maximum Gasteiger partial charge on any atom is 0.0725 e. The van der Waals surface area contributed by atoms with Crippen LogP contribution >= 0.6 is 0 Å². The number of H-pyrrole nitrogens is 1. The number of nitrogens with zero attached hydrogens (tertiary/aromatic N) is 1. The Bertz CT molecular complexity index is 169. The molecule has 56 valence electrons. The number of aromatic nitrogens is 2. The zero-order chi connectivity index (χ0) is 7.40. The molecule has 0 fully saturated rings. The second-order valence-corrected chi connectivity index (χ2v) is 2.44. The van der Waals surface area contributed by atoms with E-state index in [9.17, 15) is 0 Å². The first-order valence-electron chi connectivity index (χ1n) is 3.58. The van der Waals surface area contributed by atoms with E-state index in [0.717, 1.165) is 12.1 Å². The Morgan fingerprint density at radius 1 is 1.80 bits per heavy atom. The monoisotopic (exact) mass is 139 g/mol. The van der Waals surface area contributed by atoms with E-state index in [4.69, 9.17) is 0 Å². The molecule has 0 saturated heterocycles. The summed E-state index contributed by atoms with van der Waals surface area (Å²) >= 11 is 0. The van der Waals surface area contributed by atoms with Crippen LogP contribution in [-0.4, -0.2) is 16.2 Å². The first-order valence-corrected chi connectivity index (χ1v) is 3.58. The number of nitrogens with one attached hydrogen (secondary N) is 2. The van der Waals surface area contributed by atoms with E-state index in [-0.39, 0.29) is 0 Å². The van der Waals surface area contributed by atoms with Gasteiger partial charge in [-0.05, 0) is 13.3 Å². The van der Waals surface area contributed by atoms with Crippen LogP contribution in [0.5, 0.6) is 0 Å². The van der Waals surface area contributed by atoms with Gasteiger partial charge < -0.3 is 5.32 Å². The number of anilines is 1. The predicted molar refractivity (Wildman–Crippen MR) is 42.0 cm³/mol. The summed E-state index contributed by atoms with van der Waals surface area (Å²) in [6.45, 7) is 4.30. The van der Waals surface area contributed by atoms with Gasteiger partial charge in [-0.25, -0.2) is 0 Å². The minimum atomic E-state index is 0.526. The molecule has 0 bridgehead atoms. The molecule has 3 nitrogen and oxygen atoms in total. The summed E-state index contributed by atoms with van der Waals surface area (Å²) in [5.74, 6) is 0. The molecule has 0 saturated carbocycles. The standard InChI is InChI=1S/C7H13N3/c1-3-6(2)10-7-4-8-9-5-7/h4-6,10H,3H2,1-2H3,(H,8,9). The number of hydrogen-bond acceptors (Lipinski definition) is 2. The molecule has 1 rings (SSSR count). The first-order chi connectivity index (χ1) is 4.83. The minimum Gasteiger partial charge on any atom is -0.380 e. The molecule has 3 heteroatoms.